The number of thioether (sulfide) groups is 1. The van der Waals surface area contributed by atoms with Gasteiger partial charge in [-0.25, -0.2) is 4.39 Å². The molecule has 2 fully saturated rings. The van der Waals surface area contributed by atoms with Gasteiger partial charge in [-0.15, -0.1) is 0 Å². The largest absolute Gasteiger partial charge is 0.487 e. The molecule has 0 bridgehead atoms. The molecule has 7 aromatic rings. The normalized spacial score (nSPS) is 22.0. The standard InChI is InChI=1S/C67H75FO9SSi/c1-49(74-60(63-65(77-67(5,6)76-63)78-54-36-22-11-23-37-54)48-73-79(66(2,3)4,55-38-24-12-25-39-55)56-40-26-13-27-41-56)57(68)42-58-61(70-44-51-30-16-8-17-31-51)64(72-46-53-34-20-10-21-35-53)62(71-45-52-32-18-9-19-33-52)59(75-58)47-69-43-50-28-14-7-15-29-50/h7-41,57-65H,1,42-48H2,2-6H3/t57?,58-,59-,60+,61-,62-,63-,64-,65-/m0/s1. The number of hydrogen-bond donors (Lipinski definition) is 0. The van der Waals surface area contributed by atoms with Crippen LogP contribution in [0.25, 0.3) is 0 Å². The van der Waals surface area contributed by atoms with E-state index in [-0.39, 0.29) is 50.3 Å². The topological polar surface area (TPSA) is 83.1 Å². The summed E-state index contributed by atoms with van der Waals surface area (Å²) < 4.78 is 80.5. The van der Waals surface area contributed by atoms with Crippen molar-refractivity contribution in [1.82, 2.24) is 0 Å². The molecule has 79 heavy (non-hydrogen) atoms. The maximum atomic E-state index is 18.0. The molecule has 9 rings (SSSR count). The summed E-state index contributed by atoms with van der Waals surface area (Å²) in [7, 11) is -3.15. The highest BCUT2D eigenvalue weighted by Crippen LogP contribution is 2.43. The first-order chi connectivity index (χ1) is 38.3. The Bertz CT molecular complexity index is 2850. The molecule has 2 aliphatic rings. The summed E-state index contributed by atoms with van der Waals surface area (Å²) in [4.78, 5) is 0.987. The Morgan fingerprint density at radius 1 is 0.570 bits per heavy atom. The first-order valence-electron chi connectivity index (χ1n) is 27.4. The smallest absolute Gasteiger partial charge is 0.261 e. The van der Waals surface area contributed by atoms with E-state index in [1.54, 1.807) is 0 Å². The molecule has 414 valence electrons. The van der Waals surface area contributed by atoms with Gasteiger partial charge in [-0.3, -0.25) is 0 Å². The predicted molar refractivity (Wildman–Crippen MR) is 313 cm³/mol. The molecule has 0 spiro atoms. The van der Waals surface area contributed by atoms with Crippen LogP contribution < -0.4 is 10.4 Å². The highest BCUT2D eigenvalue weighted by molar-refractivity contribution is 7.99. The fourth-order valence-electron chi connectivity index (χ4n) is 10.6. The Morgan fingerprint density at radius 3 is 1.46 bits per heavy atom. The zero-order valence-corrected chi connectivity index (χ0v) is 47.8. The summed E-state index contributed by atoms with van der Waals surface area (Å²) in [5.74, 6) is -1.10. The van der Waals surface area contributed by atoms with Crippen molar-refractivity contribution in [3.8, 4) is 0 Å². The Labute approximate surface area is 472 Å². The van der Waals surface area contributed by atoms with E-state index < -0.39 is 68.4 Å². The van der Waals surface area contributed by atoms with E-state index in [4.69, 9.17) is 42.3 Å². The molecular weight excluding hydrogens is 1030 g/mol. The quantitative estimate of drug-likeness (QED) is 0.0386. The second-order valence-corrected chi connectivity index (χ2v) is 27.2. The van der Waals surface area contributed by atoms with Crippen molar-refractivity contribution in [3.63, 3.8) is 0 Å². The maximum Gasteiger partial charge on any atom is 0.261 e. The van der Waals surface area contributed by atoms with Crippen molar-refractivity contribution < 1.29 is 46.7 Å². The van der Waals surface area contributed by atoms with Crippen molar-refractivity contribution in [2.45, 2.75) is 138 Å². The van der Waals surface area contributed by atoms with Gasteiger partial charge in [0.25, 0.3) is 8.32 Å². The Balaban J connectivity index is 1.06. The second-order valence-electron chi connectivity index (χ2n) is 21.7. The minimum atomic E-state index is -3.15. The molecule has 12 heteroatoms. The lowest BCUT2D eigenvalue weighted by molar-refractivity contribution is -0.275. The average molecular weight is 1100 g/mol. The van der Waals surface area contributed by atoms with Gasteiger partial charge in [0, 0.05) is 11.3 Å². The van der Waals surface area contributed by atoms with Crippen molar-refractivity contribution in [2.24, 2.45) is 0 Å². The van der Waals surface area contributed by atoms with Crippen LogP contribution in [0.5, 0.6) is 0 Å². The van der Waals surface area contributed by atoms with Gasteiger partial charge in [0.1, 0.15) is 47.8 Å². The summed E-state index contributed by atoms with van der Waals surface area (Å²) in [5, 5.41) is 1.84. The molecule has 0 aromatic heterocycles. The number of halogens is 1. The average Bonchev–Trinajstić information content (AvgIpc) is 3.93. The van der Waals surface area contributed by atoms with E-state index in [9.17, 15) is 0 Å². The molecule has 2 heterocycles. The third kappa shape index (κ3) is 15.4. The van der Waals surface area contributed by atoms with Crippen LogP contribution in [0, 0.1) is 0 Å². The van der Waals surface area contributed by atoms with Gasteiger partial charge in [-0.05, 0) is 63.6 Å². The van der Waals surface area contributed by atoms with Crippen molar-refractivity contribution in [3.05, 3.63) is 247 Å². The molecule has 9 atom stereocenters. The highest BCUT2D eigenvalue weighted by atomic mass is 32.2. The molecule has 0 saturated carbocycles. The minimum Gasteiger partial charge on any atom is -0.487 e. The number of hydrogen-bond acceptors (Lipinski definition) is 10. The minimum absolute atomic E-state index is 0.0361. The van der Waals surface area contributed by atoms with E-state index in [2.05, 4.69) is 75.9 Å². The predicted octanol–water partition coefficient (Wildman–Crippen LogP) is 13.2. The van der Waals surface area contributed by atoms with Crippen LogP contribution in [0.15, 0.2) is 230 Å². The lowest BCUT2D eigenvalue weighted by Crippen LogP contribution is -2.67. The van der Waals surface area contributed by atoms with Crippen LogP contribution in [0.2, 0.25) is 5.04 Å². The first-order valence-corrected chi connectivity index (χ1v) is 30.2. The first kappa shape index (κ1) is 57.9. The van der Waals surface area contributed by atoms with Gasteiger partial charge < -0.3 is 42.3 Å². The van der Waals surface area contributed by atoms with Crippen LogP contribution in [-0.2, 0) is 68.7 Å². The Morgan fingerprint density at radius 2 is 0.987 bits per heavy atom. The van der Waals surface area contributed by atoms with Gasteiger partial charge in [0.05, 0.1) is 45.7 Å². The van der Waals surface area contributed by atoms with Crippen LogP contribution >= 0.6 is 11.8 Å². The van der Waals surface area contributed by atoms with Crippen molar-refractivity contribution in [1.29, 1.82) is 0 Å². The molecule has 2 aliphatic heterocycles. The summed E-state index contributed by atoms with van der Waals surface area (Å²) >= 11 is 1.53. The zero-order chi connectivity index (χ0) is 55.1. The molecule has 2 saturated heterocycles. The molecule has 7 aromatic carbocycles. The molecule has 0 N–H and O–H groups in total. The molecule has 0 amide bonds. The van der Waals surface area contributed by atoms with Gasteiger partial charge >= 0.3 is 0 Å². The fourth-order valence-corrected chi connectivity index (χ4v) is 16.4. The van der Waals surface area contributed by atoms with Gasteiger partial charge in [0.15, 0.2) is 12.0 Å². The fraction of sp³-hybridized carbons (Fsp3) is 0.343. The number of ether oxygens (including phenoxy) is 8. The lowest BCUT2D eigenvalue weighted by atomic mass is 9.91. The summed E-state index contributed by atoms with van der Waals surface area (Å²) in [6.07, 6.45) is -7.42. The van der Waals surface area contributed by atoms with Crippen LogP contribution in [0.1, 0.15) is 63.3 Å². The molecule has 1 unspecified atom stereocenters. The monoisotopic (exact) mass is 1100 g/mol. The zero-order valence-electron chi connectivity index (χ0n) is 46.0. The van der Waals surface area contributed by atoms with Gasteiger partial charge in [-0.2, -0.15) is 0 Å². The van der Waals surface area contributed by atoms with Crippen LogP contribution in [-0.4, -0.2) is 81.7 Å². The molecule has 0 radical (unpaired) electrons. The maximum absolute atomic E-state index is 18.0. The van der Waals surface area contributed by atoms with Gasteiger partial charge in [0.2, 0.25) is 0 Å². The highest BCUT2D eigenvalue weighted by Gasteiger charge is 2.54. The van der Waals surface area contributed by atoms with E-state index in [1.807, 2.05) is 178 Å². The second kappa shape index (κ2) is 27.6. The third-order valence-electron chi connectivity index (χ3n) is 14.4. The summed E-state index contributed by atoms with van der Waals surface area (Å²) in [5.41, 5.74) is 3.34. The van der Waals surface area contributed by atoms with Crippen LogP contribution in [0.4, 0.5) is 4.39 Å². The summed E-state index contributed by atoms with van der Waals surface area (Å²) in [6, 6.07) is 70.8. The van der Waals surface area contributed by atoms with E-state index in [0.717, 1.165) is 37.5 Å². The Kier molecular flexibility index (Phi) is 20.3. The molecule has 0 aliphatic carbocycles. The SMILES string of the molecule is C=C(O[C@H](CO[Si](c1ccccc1)(c1ccccc1)C(C)(C)C)[C@@H]1OC(C)(C)O[C@H]1Sc1ccccc1)C(F)C[C@@H]1O[C@@H](COCc2ccccc2)[C@H](OCc2ccccc2)[C@@H](OCc2ccccc2)[C@H]1OCc1ccccc1. The molecular formula is C67H75FO9SSi. The van der Waals surface area contributed by atoms with E-state index in [1.165, 1.54) is 11.8 Å². The summed E-state index contributed by atoms with van der Waals surface area (Å²) in [6.45, 7) is 16.1. The van der Waals surface area contributed by atoms with Crippen molar-refractivity contribution >= 4 is 30.5 Å². The van der Waals surface area contributed by atoms with E-state index >= 15 is 4.39 Å². The number of rotatable bonds is 26. The Hall–Kier alpha value is -5.74. The number of alkyl halides is 1. The number of allylic oxidation sites excluding steroid dienone is 1. The van der Waals surface area contributed by atoms with E-state index in [0.29, 0.717) is 6.61 Å². The lowest BCUT2D eigenvalue weighted by Gasteiger charge is -2.46. The van der Waals surface area contributed by atoms with Crippen LogP contribution in [0.3, 0.4) is 0 Å². The third-order valence-corrected chi connectivity index (χ3v) is 20.5. The number of benzene rings is 7. The molecule has 9 nitrogen and oxygen atoms in total. The van der Waals surface area contributed by atoms with Crippen molar-refractivity contribution in [2.75, 3.05) is 13.2 Å². The van der Waals surface area contributed by atoms with Gasteiger partial charge in [-0.1, -0.05) is 239 Å².